The van der Waals surface area contributed by atoms with Crippen molar-refractivity contribution < 1.29 is 9.90 Å². The van der Waals surface area contributed by atoms with E-state index in [0.717, 1.165) is 5.52 Å². The highest BCUT2D eigenvalue weighted by molar-refractivity contribution is 6.07. The third-order valence-corrected chi connectivity index (χ3v) is 2.16. The molecule has 14 heavy (non-hydrogen) atoms. The van der Waals surface area contributed by atoms with Gasteiger partial charge in [0.1, 0.15) is 5.82 Å². The highest BCUT2D eigenvalue weighted by Gasteiger charge is 2.15. The average Bonchev–Trinajstić information content (AvgIpc) is 2.46. The average molecular weight is 191 g/mol. The third-order valence-electron chi connectivity index (χ3n) is 2.16. The van der Waals surface area contributed by atoms with Gasteiger partial charge in [-0.25, -0.2) is 9.78 Å². The first-order chi connectivity index (χ1) is 6.61. The Balaban J connectivity index is 2.93. The number of carbonyl (C=O) groups is 1. The zero-order valence-corrected chi connectivity index (χ0v) is 7.56. The molecule has 2 aromatic heterocycles. The summed E-state index contributed by atoms with van der Waals surface area (Å²) in [5.41, 5.74) is 6.58. The molecule has 0 aliphatic carbocycles. The maximum Gasteiger partial charge on any atom is 0.338 e. The lowest BCUT2D eigenvalue weighted by Gasteiger charge is -1.97. The van der Waals surface area contributed by atoms with Crippen LogP contribution in [0.5, 0.6) is 0 Å². The van der Waals surface area contributed by atoms with Gasteiger partial charge in [0.25, 0.3) is 0 Å². The van der Waals surface area contributed by atoms with Gasteiger partial charge in [-0.15, -0.1) is 0 Å². The van der Waals surface area contributed by atoms with Crippen molar-refractivity contribution in [2.75, 3.05) is 5.73 Å². The van der Waals surface area contributed by atoms with Crippen LogP contribution >= 0.6 is 0 Å². The number of hydrogen-bond acceptors (Lipinski definition) is 3. The van der Waals surface area contributed by atoms with Crippen molar-refractivity contribution in [1.29, 1.82) is 0 Å². The Hall–Kier alpha value is -2.04. The van der Waals surface area contributed by atoms with E-state index in [1.54, 1.807) is 23.9 Å². The van der Waals surface area contributed by atoms with E-state index in [-0.39, 0.29) is 11.4 Å². The van der Waals surface area contributed by atoms with E-state index in [4.69, 9.17) is 10.8 Å². The van der Waals surface area contributed by atoms with Gasteiger partial charge in [-0.05, 0) is 6.07 Å². The number of carboxylic acid groups (broad SMARTS) is 1. The number of fused-ring (bicyclic) bond motifs is 1. The van der Waals surface area contributed by atoms with E-state index in [1.165, 1.54) is 6.20 Å². The molecule has 0 spiro atoms. The van der Waals surface area contributed by atoms with E-state index in [9.17, 15) is 4.79 Å². The number of pyridine rings is 1. The molecule has 0 saturated heterocycles. The Kier molecular flexibility index (Phi) is 1.67. The van der Waals surface area contributed by atoms with Gasteiger partial charge in [0.2, 0.25) is 0 Å². The number of aromatic carboxylic acids is 1. The summed E-state index contributed by atoms with van der Waals surface area (Å²) in [7, 11) is 1.77. The molecule has 0 unspecified atom stereocenters. The summed E-state index contributed by atoms with van der Waals surface area (Å²) in [5, 5.41) is 9.43. The van der Waals surface area contributed by atoms with E-state index in [0.29, 0.717) is 5.39 Å². The van der Waals surface area contributed by atoms with Crippen LogP contribution < -0.4 is 5.73 Å². The van der Waals surface area contributed by atoms with Crippen molar-refractivity contribution in [1.82, 2.24) is 9.55 Å². The second-order valence-electron chi connectivity index (χ2n) is 3.05. The molecule has 5 heteroatoms. The molecular weight excluding hydrogens is 182 g/mol. The maximum absolute atomic E-state index is 10.9. The lowest BCUT2D eigenvalue weighted by Crippen LogP contribution is -1.97. The molecule has 5 nitrogen and oxygen atoms in total. The summed E-state index contributed by atoms with van der Waals surface area (Å²) in [6, 6.07) is 1.73. The molecule has 0 aliphatic heterocycles. The van der Waals surface area contributed by atoms with E-state index in [2.05, 4.69) is 4.98 Å². The minimum absolute atomic E-state index is 0.188. The number of nitrogens with two attached hydrogens (primary N) is 1. The third kappa shape index (κ3) is 1.02. The lowest BCUT2D eigenvalue weighted by atomic mass is 10.2. The van der Waals surface area contributed by atoms with Crippen LogP contribution in [0.25, 0.3) is 10.9 Å². The second kappa shape index (κ2) is 2.73. The van der Waals surface area contributed by atoms with E-state index < -0.39 is 5.97 Å². The molecule has 0 fully saturated rings. The molecule has 0 atom stereocenters. The predicted molar refractivity (Wildman–Crippen MR) is 52.1 cm³/mol. The molecule has 72 valence electrons. The van der Waals surface area contributed by atoms with Crippen molar-refractivity contribution in [3.8, 4) is 0 Å². The van der Waals surface area contributed by atoms with Crippen molar-refractivity contribution in [2.24, 2.45) is 7.05 Å². The van der Waals surface area contributed by atoms with Gasteiger partial charge in [0.05, 0.1) is 16.5 Å². The standard InChI is InChI=1S/C9H9N3O2/c1-12-4-5(9(13)14)7-6(12)2-3-11-8(7)10/h2-4H,1H3,(H2,10,11)(H,13,14). The number of rotatable bonds is 1. The van der Waals surface area contributed by atoms with Gasteiger partial charge < -0.3 is 15.4 Å². The van der Waals surface area contributed by atoms with E-state index in [1.807, 2.05) is 0 Å². The lowest BCUT2D eigenvalue weighted by molar-refractivity contribution is 0.0699. The SMILES string of the molecule is Cn1cc(C(=O)O)c2c(N)nccc21. The smallest absolute Gasteiger partial charge is 0.338 e. The summed E-state index contributed by atoms with van der Waals surface area (Å²) in [5.74, 6) is -0.740. The highest BCUT2D eigenvalue weighted by atomic mass is 16.4. The number of aromatic nitrogens is 2. The van der Waals surface area contributed by atoms with Crippen LogP contribution in [0.3, 0.4) is 0 Å². The predicted octanol–water partition coefficient (Wildman–Crippen LogP) is 0.854. The molecular formula is C9H9N3O2. The fraction of sp³-hybridized carbons (Fsp3) is 0.111. The molecule has 0 radical (unpaired) electrons. The van der Waals surface area contributed by atoms with Crippen molar-refractivity contribution in [3.63, 3.8) is 0 Å². The molecule has 2 rings (SSSR count). The number of carboxylic acids is 1. The summed E-state index contributed by atoms with van der Waals surface area (Å²) >= 11 is 0. The minimum Gasteiger partial charge on any atom is -0.478 e. The largest absolute Gasteiger partial charge is 0.478 e. The monoisotopic (exact) mass is 191 g/mol. The van der Waals surface area contributed by atoms with Crippen LogP contribution in [0.2, 0.25) is 0 Å². The first-order valence-electron chi connectivity index (χ1n) is 4.04. The molecule has 0 amide bonds. The normalized spacial score (nSPS) is 10.6. The summed E-state index contributed by atoms with van der Waals surface area (Å²) in [4.78, 5) is 14.7. The molecule has 3 N–H and O–H groups in total. The molecule has 0 bridgehead atoms. The summed E-state index contributed by atoms with van der Waals surface area (Å²) in [6.45, 7) is 0. The number of nitrogens with zero attached hydrogens (tertiary/aromatic N) is 2. The molecule has 0 aliphatic rings. The van der Waals surface area contributed by atoms with Crippen LogP contribution in [0.1, 0.15) is 10.4 Å². The second-order valence-corrected chi connectivity index (χ2v) is 3.05. The van der Waals surface area contributed by atoms with Gasteiger partial charge >= 0.3 is 5.97 Å². The van der Waals surface area contributed by atoms with Crippen LogP contribution in [0.15, 0.2) is 18.5 Å². The maximum atomic E-state index is 10.9. The number of hydrogen-bond donors (Lipinski definition) is 2. The summed E-state index contributed by atoms with van der Waals surface area (Å²) < 4.78 is 1.72. The van der Waals surface area contributed by atoms with Gasteiger partial charge in [0, 0.05) is 19.4 Å². The highest BCUT2D eigenvalue weighted by Crippen LogP contribution is 2.24. The Morgan fingerprint density at radius 1 is 1.64 bits per heavy atom. The Bertz CT molecular complexity index is 516. The number of nitrogen functional groups attached to an aromatic ring is 1. The minimum atomic E-state index is -0.990. The zero-order chi connectivity index (χ0) is 10.3. The van der Waals surface area contributed by atoms with Crippen LogP contribution in [0.4, 0.5) is 5.82 Å². The number of aryl methyl sites for hydroxylation is 1. The van der Waals surface area contributed by atoms with Gasteiger partial charge in [-0.3, -0.25) is 0 Å². The first-order valence-corrected chi connectivity index (χ1v) is 4.04. The topological polar surface area (TPSA) is 81.1 Å². The Morgan fingerprint density at radius 3 is 3.00 bits per heavy atom. The van der Waals surface area contributed by atoms with E-state index >= 15 is 0 Å². The van der Waals surface area contributed by atoms with Crippen molar-refractivity contribution in [2.45, 2.75) is 0 Å². The van der Waals surface area contributed by atoms with Crippen LogP contribution in [0, 0.1) is 0 Å². The molecule has 2 heterocycles. The molecule has 0 saturated carbocycles. The van der Waals surface area contributed by atoms with Crippen molar-refractivity contribution >= 4 is 22.7 Å². The van der Waals surface area contributed by atoms with Crippen molar-refractivity contribution in [3.05, 3.63) is 24.0 Å². The Labute approximate surface area is 79.8 Å². The zero-order valence-electron chi connectivity index (χ0n) is 7.56. The Morgan fingerprint density at radius 2 is 2.36 bits per heavy atom. The van der Waals surface area contributed by atoms with Gasteiger partial charge in [0.15, 0.2) is 0 Å². The first kappa shape index (κ1) is 8.55. The molecule has 2 aromatic rings. The van der Waals surface area contributed by atoms with Gasteiger partial charge in [-0.1, -0.05) is 0 Å². The summed E-state index contributed by atoms with van der Waals surface area (Å²) in [6.07, 6.45) is 3.09. The molecule has 0 aromatic carbocycles. The number of anilines is 1. The van der Waals surface area contributed by atoms with Crippen LogP contribution in [-0.4, -0.2) is 20.6 Å². The fourth-order valence-electron chi connectivity index (χ4n) is 1.53. The fourth-order valence-corrected chi connectivity index (χ4v) is 1.53. The quantitative estimate of drug-likeness (QED) is 0.700. The van der Waals surface area contributed by atoms with Crippen LogP contribution in [-0.2, 0) is 7.05 Å². The van der Waals surface area contributed by atoms with Gasteiger partial charge in [-0.2, -0.15) is 0 Å².